The molecule has 6 heteroatoms. The van der Waals surface area contributed by atoms with Crippen LogP contribution in [0, 0.1) is 0 Å². The van der Waals surface area contributed by atoms with E-state index in [4.69, 9.17) is 9.47 Å². The normalized spacial score (nSPS) is 18.9. The molecular weight excluding hydrogens is 312 g/mol. The van der Waals surface area contributed by atoms with Gasteiger partial charge in [-0.2, -0.15) is 5.10 Å². The quantitative estimate of drug-likeness (QED) is 0.797. The van der Waals surface area contributed by atoms with E-state index in [-0.39, 0.29) is 6.04 Å². The number of aromatic nitrogens is 2. The van der Waals surface area contributed by atoms with Crippen molar-refractivity contribution in [2.45, 2.75) is 12.5 Å². The van der Waals surface area contributed by atoms with Crippen LogP contribution in [0.3, 0.4) is 0 Å². The number of ether oxygens (including phenoxy) is 2. The first kappa shape index (κ1) is 12.6. The van der Waals surface area contributed by atoms with Gasteiger partial charge in [-0.1, -0.05) is 15.9 Å². The molecule has 0 saturated carbocycles. The van der Waals surface area contributed by atoms with Crippen LogP contribution in [0.2, 0.25) is 0 Å². The monoisotopic (exact) mass is 324 g/mol. The zero-order valence-electron chi connectivity index (χ0n) is 10.4. The topological polar surface area (TPSA) is 53.3 Å². The predicted molar refractivity (Wildman–Crippen MR) is 73.2 cm³/mol. The molecule has 0 aliphatic carbocycles. The maximum atomic E-state index is 11.8. The van der Waals surface area contributed by atoms with Crippen LogP contribution in [0.5, 0.6) is 0 Å². The molecule has 1 aliphatic heterocycles. The first-order valence-electron chi connectivity index (χ1n) is 6.04. The molecule has 1 aromatic carbocycles. The first-order valence-corrected chi connectivity index (χ1v) is 6.84. The van der Waals surface area contributed by atoms with E-state index in [0.29, 0.717) is 12.3 Å². The second-order valence-electron chi connectivity index (χ2n) is 4.46. The largest absolute Gasteiger partial charge is 0.464 e. The van der Waals surface area contributed by atoms with Crippen LogP contribution in [-0.2, 0) is 9.47 Å². The summed E-state index contributed by atoms with van der Waals surface area (Å²) in [5.74, 6) is -0.416. The molecule has 0 bridgehead atoms. The zero-order chi connectivity index (χ0) is 13.4. The second-order valence-corrected chi connectivity index (χ2v) is 5.38. The van der Waals surface area contributed by atoms with Crippen LogP contribution in [0.15, 0.2) is 22.7 Å². The van der Waals surface area contributed by atoms with Gasteiger partial charge in [-0.05, 0) is 24.6 Å². The van der Waals surface area contributed by atoms with Gasteiger partial charge in [0.05, 0.1) is 25.3 Å². The van der Waals surface area contributed by atoms with Crippen molar-refractivity contribution in [2.75, 3.05) is 20.3 Å². The summed E-state index contributed by atoms with van der Waals surface area (Å²) in [6.45, 7) is 1.36. The Morgan fingerprint density at radius 1 is 1.58 bits per heavy atom. The number of rotatable bonds is 2. The third-order valence-electron chi connectivity index (χ3n) is 3.30. The Morgan fingerprint density at radius 3 is 3.11 bits per heavy atom. The lowest BCUT2D eigenvalue weighted by molar-refractivity contribution is 0.0594. The third kappa shape index (κ3) is 2.15. The van der Waals surface area contributed by atoms with Crippen molar-refractivity contribution in [3.8, 4) is 0 Å². The molecule has 1 aliphatic rings. The van der Waals surface area contributed by atoms with E-state index >= 15 is 0 Å². The highest BCUT2D eigenvalue weighted by Gasteiger charge is 2.24. The van der Waals surface area contributed by atoms with Gasteiger partial charge < -0.3 is 9.47 Å². The third-order valence-corrected chi connectivity index (χ3v) is 3.79. The Kier molecular flexibility index (Phi) is 3.28. The molecule has 2 heterocycles. The standard InChI is InChI=1S/C13H13BrN2O3/c1-18-13(17)12-10-6-8(14)2-3-11(10)16(15-12)9-4-5-19-7-9/h2-3,6,9H,4-5,7H2,1H3/t9-/m0/s1. The van der Waals surface area contributed by atoms with Gasteiger partial charge in [0.2, 0.25) is 0 Å². The SMILES string of the molecule is COC(=O)c1nn([C@H]2CCOC2)c2ccc(Br)cc12. The lowest BCUT2D eigenvalue weighted by atomic mass is 10.2. The van der Waals surface area contributed by atoms with Crippen molar-refractivity contribution >= 4 is 32.8 Å². The molecule has 0 amide bonds. The molecule has 3 rings (SSSR count). The van der Waals surface area contributed by atoms with Crippen LogP contribution >= 0.6 is 15.9 Å². The van der Waals surface area contributed by atoms with Crippen LogP contribution in [-0.4, -0.2) is 36.1 Å². The maximum Gasteiger partial charge on any atom is 0.359 e. The van der Waals surface area contributed by atoms with E-state index in [1.807, 2.05) is 22.9 Å². The van der Waals surface area contributed by atoms with Crippen LogP contribution in [0.1, 0.15) is 23.0 Å². The Morgan fingerprint density at radius 2 is 2.42 bits per heavy atom. The fraction of sp³-hybridized carbons (Fsp3) is 0.385. The average molecular weight is 325 g/mol. The Hall–Kier alpha value is -1.40. The molecule has 5 nitrogen and oxygen atoms in total. The van der Waals surface area contributed by atoms with Crippen LogP contribution in [0.4, 0.5) is 0 Å². The van der Waals surface area contributed by atoms with Crippen LogP contribution in [0.25, 0.3) is 10.9 Å². The summed E-state index contributed by atoms with van der Waals surface area (Å²) in [4.78, 5) is 11.8. The van der Waals surface area contributed by atoms with Gasteiger partial charge in [0.25, 0.3) is 0 Å². The van der Waals surface area contributed by atoms with E-state index in [9.17, 15) is 4.79 Å². The van der Waals surface area contributed by atoms with Gasteiger partial charge in [-0.25, -0.2) is 4.79 Å². The van der Waals surface area contributed by atoms with E-state index in [1.165, 1.54) is 7.11 Å². The van der Waals surface area contributed by atoms with Crippen LogP contribution < -0.4 is 0 Å². The highest BCUT2D eigenvalue weighted by molar-refractivity contribution is 9.10. The highest BCUT2D eigenvalue weighted by atomic mass is 79.9. The number of esters is 1. The van der Waals surface area contributed by atoms with Gasteiger partial charge >= 0.3 is 5.97 Å². The smallest absolute Gasteiger partial charge is 0.359 e. The van der Waals surface area contributed by atoms with Crippen molar-refractivity contribution in [2.24, 2.45) is 0 Å². The summed E-state index contributed by atoms with van der Waals surface area (Å²) < 4.78 is 13.0. The number of carbonyl (C=O) groups is 1. The summed E-state index contributed by atoms with van der Waals surface area (Å²) in [6.07, 6.45) is 0.910. The van der Waals surface area contributed by atoms with Crippen molar-refractivity contribution in [1.29, 1.82) is 0 Å². The number of nitrogens with zero attached hydrogens (tertiary/aromatic N) is 2. The summed E-state index contributed by atoms with van der Waals surface area (Å²) in [5, 5.41) is 5.22. The first-order chi connectivity index (χ1) is 9.20. The summed E-state index contributed by atoms with van der Waals surface area (Å²) in [5.41, 5.74) is 1.28. The lowest BCUT2D eigenvalue weighted by Gasteiger charge is -2.09. The summed E-state index contributed by atoms with van der Waals surface area (Å²) >= 11 is 3.42. The fourth-order valence-electron chi connectivity index (χ4n) is 2.35. The molecule has 2 aromatic rings. The van der Waals surface area contributed by atoms with Crippen molar-refractivity contribution in [1.82, 2.24) is 9.78 Å². The van der Waals surface area contributed by atoms with E-state index < -0.39 is 5.97 Å². The van der Waals surface area contributed by atoms with Gasteiger partial charge in [0.15, 0.2) is 5.69 Å². The highest BCUT2D eigenvalue weighted by Crippen LogP contribution is 2.28. The number of fused-ring (bicyclic) bond motifs is 1. The lowest BCUT2D eigenvalue weighted by Crippen LogP contribution is -2.11. The molecule has 0 radical (unpaired) electrons. The molecule has 1 atom stereocenters. The van der Waals surface area contributed by atoms with Crippen molar-refractivity contribution < 1.29 is 14.3 Å². The van der Waals surface area contributed by atoms with E-state index in [0.717, 1.165) is 28.4 Å². The summed E-state index contributed by atoms with van der Waals surface area (Å²) in [7, 11) is 1.36. The predicted octanol–water partition coefficient (Wildman–Crippen LogP) is 2.55. The number of carbonyl (C=O) groups excluding carboxylic acids is 1. The molecule has 1 saturated heterocycles. The number of halogens is 1. The molecule has 100 valence electrons. The Labute approximate surface area is 118 Å². The zero-order valence-corrected chi connectivity index (χ0v) is 12.0. The summed E-state index contributed by atoms with van der Waals surface area (Å²) in [6, 6.07) is 5.97. The molecule has 0 N–H and O–H groups in total. The maximum absolute atomic E-state index is 11.8. The van der Waals surface area contributed by atoms with Gasteiger partial charge in [0.1, 0.15) is 0 Å². The van der Waals surface area contributed by atoms with E-state index in [2.05, 4.69) is 21.0 Å². The number of hydrogen-bond acceptors (Lipinski definition) is 4. The molecule has 1 aromatic heterocycles. The van der Waals surface area contributed by atoms with Crippen molar-refractivity contribution in [3.63, 3.8) is 0 Å². The molecule has 19 heavy (non-hydrogen) atoms. The van der Waals surface area contributed by atoms with E-state index in [1.54, 1.807) is 0 Å². The minimum atomic E-state index is -0.416. The molecule has 0 unspecified atom stereocenters. The minimum Gasteiger partial charge on any atom is -0.464 e. The number of methoxy groups -OCH3 is 1. The Balaban J connectivity index is 2.19. The average Bonchev–Trinajstić information content (AvgIpc) is 3.03. The second kappa shape index (κ2) is 4.94. The van der Waals surface area contributed by atoms with Crippen molar-refractivity contribution in [3.05, 3.63) is 28.4 Å². The molecule has 0 spiro atoms. The Bertz CT molecular complexity index is 632. The molecular formula is C13H13BrN2O3. The van der Waals surface area contributed by atoms with Gasteiger partial charge in [-0.15, -0.1) is 0 Å². The van der Waals surface area contributed by atoms with Gasteiger partial charge in [-0.3, -0.25) is 4.68 Å². The fourth-order valence-corrected chi connectivity index (χ4v) is 2.72. The van der Waals surface area contributed by atoms with Gasteiger partial charge in [0, 0.05) is 16.5 Å². The molecule has 1 fully saturated rings. The minimum absolute atomic E-state index is 0.182. The number of hydrogen-bond donors (Lipinski definition) is 0. The number of benzene rings is 1.